The average Bonchev–Trinajstić information content (AvgIpc) is 2.71. The first-order chi connectivity index (χ1) is 12.2. The topological polar surface area (TPSA) is 65.1 Å². The molecule has 3 rings (SSSR count). The predicted octanol–water partition coefficient (Wildman–Crippen LogP) is 2.54. The molecule has 2 aliphatic rings. The van der Waals surface area contributed by atoms with E-state index < -0.39 is 17.2 Å². The summed E-state index contributed by atoms with van der Waals surface area (Å²) in [6.07, 6.45) is -0.302. The molecule has 1 saturated heterocycles. The Labute approximate surface area is 152 Å². The largest absolute Gasteiger partial charge is 0.491 e. The molecule has 1 fully saturated rings. The van der Waals surface area contributed by atoms with E-state index in [1.54, 1.807) is 18.7 Å². The summed E-state index contributed by atoms with van der Waals surface area (Å²) in [7, 11) is 0. The zero-order chi connectivity index (χ0) is 19.1. The van der Waals surface area contributed by atoms with Crippen LogP contribution in [0.5, 0.6) is 5.75 Å². The van der Waals surface area contributed by atoms with Crippen LogP contribution in [-0.2, 0) is 20.8 Å². The number of carbonyl (C=O) groups excluding carboxylic acids is 2. The minimum absolute atomic E-state index is 0.0737. The molecule has 1 amide bonds. The van der Waals surface area contributed by atoms with E-state index in [1.807, 2.05) is 13.8 Å². The summed E-state index contributed by atoms with van der Waals surface area (Å²) in [5.41, 5.74) is -0.203. The maximum Gasteiger partial charge on any atom is 0.338 e. The summed E-state index contributed by atoms with van der Waals surface area (Å²) in [6, 6.07) is 2.40. The lowest BCUT2D eigenvalue weighted by Crippen LogP contribution is -2.55. The van der Waals surface area contributed by atoms with E-state index in [4.69, 9.17) is 14.2 Å². The molecular formula is C19H24FNO5. The van der Waals surface area contributed by atoms with Crippen LogP contribution in [-0.4, -0.2) is 48.7 Å². The zero-order valence-electron chi connectivity index (χ0n) is 15.5. The molecule has 0 spiro atoms. The highest BCUT2D eigenvalue weighted by molar-refractivity contribution is 5.90. The number of nitrogens with zero attached hydrogens (tertiary/aromatic N) is 1. The lowest BCUT2D eigenvalue weighted by Gasteiger charge is -2.41. The van der Waals surface area contributed by atoms with Gasteiger partial charge in [-0.2, -0.15) is 0 Å². The van der Waals surface area contributed by atoms with E-state index in [0.29, 0.717) is 13.2 Å². The molecule has 6 nitrogen and oxygen atoms in total. The lowest BCUT2D eigenvalue weighted by atomic mass is 9.86. The fourth-order valence-corrected chi connectivity index (χ4v) is 3.07. The number of benzene rings is 1. The molecule has 1 aromatic carbocycles. The molecule has 1 atom stereocenters. The standard InChI is InChI=1S/C19H24FNO5/c1-11(2)26-17(22)13-5-15(20)14-7-21(12(3)8-25-16(14)6-13)18(23)19(4)9-24-10-19/h5-6,11-12H,7-10H2,1-4H3/t12-/m0/s1. The first-order valence-corrected chi connectivity index (χ1v) is 8.76. The van der Waals surface area contributed by atoms with Crippen LogP contribution in [0.4, 0.5) is 4.39 Å². The molecule has 0 N–H and O–H groups in total. The molecular weight excluding hydrogens is 341 g/mol. The fraction of sp³-hybridized carbons (Fsp3) is 0.579. The van der Waals surface area contributed by atoms with Gasteiger partial charge in [-0.15, -0.1) is 0 Å². The van der Waals surface area contributed by atoms with Gasteiger partial charge in [0.1, 0.15) is 18.2 Å². The number of rotatable bonds is 3. The van der Waals surface area contributed by atoms with Crippen molar-refractivity contribution in [2.24, 2.45) is 5.41 Å². The molecule has 0 saturated carbocycles. The monoisotopic (exact) mass is 365 g/mol. The number of ether oxygens (including phenoxy) is 3. The van der Waals surface area contributed by atoms with Crippen molar-refractivity contribution in [3.8, 4) is 5.75 Å². The van der Waals surface area contributed by atoms with Gasteiger partial charge in [0, 0.05) is 5.56 Å². The third-order valence-corrected chi connectivity index (χ3v) is 4.69. The molecule has 26 heavy (non-hydrogen) atoms. The van der Waals surface area contributed by atoms with Gasteiger partial charge in [-0.3, -0.25) is 4.79 Å². The second kappa shape index (κ2) is 6.87. The van der Waals surface area contributed by atoms with Crippen molar-refractivity contribution in [1.29, 1.82) is 0 Å². The number of halogens is 1. The van der Waals surface area contributed by atoms with Gasteiger partial charge >= 0.3 is 5.97 Å². The second-order valence-electron chi connectivity index (χ2n) is 7.54. The average molecular weight is 365 g/mol. The van der Waals surface area contributed by atoms with Crippen molar-refractivity contribution < 1.29 is 28.2 Å². The van der Waals surface area contributed by atoms with E-state index in [1.165, 1.54) is 6.07 Å². The van der Waals surface area contributed by atoms with Crippen LogP contribution in [0.25, 0.3) is 0 Å². The Hall–Kier alpha value is -2.15. The van der Waals surface area contributed by atoms with Crippen LogP contribution < -0.4 is 4.74 Å². The molecule has 1 aromatic rings. The molecule has 2 heterocycles. The quantitative estimate of drug-likeness (QED) is 0.770. The van der Waals surface area contributed by atoms with E-state index in [-0.39, 0.29) is 48.1 Å². The number of carbonyl (C=O) groups is 2. The SMILES string of the molecule is CC(C)OC(=O)c1cc(F)c2c(c1)OC[C@H](C)N(C(=O)C1(C)COC1)C2. The molecule has 142 valence electrons. The van der Waals surface area contributed by atoms with E-state index >= 15 is 0 Å². The summed E-state index contributed by atoms with van der Waals surface area (Å²) < 4.78 is 30.7. The highest BCUT2D eigenvalue weighted by Crippen LogP contribution is 2.34. The van der Waals surface area contributed by atoms with Crippen LogP contribution >= 0.6 is 0 Å². The summed E-state index contributed by atoms with van der Waals surface area (Å²) in [5, 5.41) is 0. The molecule has 0 unspecified atom stereocenters. The van der Waals surface area contributed by atoms with Crippen molar-refractivity contribution in [3.05, 3.63) is 29.1 Å². The molecule has 2 aliphatic heterocycles. The third kappa shape index (κ3) is 3.40. The number of fused-ring (bicyclic) bond motifs is 1. The Bertz CT molecular complexity index is 729. The first kappa shape index (κ1) is 18.6. The van der Waals surface area contributed by atoms with Crippen LogP contribution in [0.3, 0.4) is 0 Å². The van der Waals surface area contributed by atoms with Gasteiger partial charge < -0.3 is 19.1 Å². The summed E-state index contributed by atoms with van der Waals surface area (Å²) in [4.78, 5) is 26.6. The van der Waals surface area contributed by atoms with E-state index in [2.05, 4.69) is 0 Å². The minimum atomic E-state index is -0.602. The number of hydrogen-bond donors (Lipinski definition) is 0. The Morgan fingerprint density at radius 3 is 2.62 bits per heavy atom. The third-order valence-electron chi connectivity index (χ3n) is 4.69. The summed E-state index contributed by atoms with van der Waals surface area (Å²) in [6.45, 7) is 8.21. The molecule has 0 aromatic heterocycles. The van der Waals surface area contributed by atoms with E-state index in [0.717, 1.165) is 6.07 Å². The zero-order valence-corrected chi connectivity index (χ0v) is 15.5. The Morgan fingerprint density at radius 1 is 1.35 bits per heavy atom. The van der Waals surface area contributed by atoms with Gasteiger partial charge in [-0.25, -0.2) is 9.18 Å². The Morgan fingerprint density at radius 2 is 2.04 bits per heavy atom. The van der Waals surface area contributed by atoms with Gasteiger partial charge in [0.15, 0.2) is 0 Å². The Kier molecular flexibility index (Phi) is 4.92. The molecule has 0 bridgehead atoms. The fourth-order valence-electron chi connectivity index (χ4n) is 3.07. The smallest absolute Gasteiger partial charge is 0.338 e. The maximum atomic E-state index is 14.7. The van der Waals surface area contributed by atoms with Crippen molar-refractivity contribution in [3.63, 3.8) is 0 Å². The van der Waals surface area contributed by atoms with Crippen molar-refractivity contribution in [2.45, 2.75) is 46.4 Å². The minimum Gasteiger partial charge on any atom is -0.491 e. The summed E-state index contributed by atoms with van der Waals surface area (Å²) >= 11 is 0. The highest BCUT2D eigenvalue weighted by atomic mass is 19.1. The van der Waals surface area contributed by atoms with Gasteiger partial charge in [0.05, 0.1) is 42.9 Å². The first-order valence-electron chi connectivity index (χ1n) is 8.76. The predicted molar refractivity (Wildman–Crippen MR) is 91.4 cm³/mol. The van der Waals surface area contributed by atoms with E-state index in [9.17, 15) is 14.0 Å². The van der Waals surface area contributed by atoms with Crippen LogP contribution in [0.2, 0.25) is 0 Å². The maximum absolute atomic E-state index is 14.7. The van der Waals surface area contributed by atoms with Gasteiger partial charge in [-0.05, 0) is 39.8 Å². The summed E-state index contributed by atoms with van der Waals surface area (Å²) in [5.74, 6) is -0.983. The Balaban J connectivity index is 1.89. The lowest BCUT2D eigenvalue weighted by molar-refractivity contribution is -0.171. The number of esters is 1. The number of amides is 1. The normalized spacial score (nSPS) is 21.3. The molecule has 7 heteroatoms. The van der Waals surface area contributed by atoms with Crippen molar-refractivity contribution >= 4 is 11.9 Å². The van der Waals surface area contributed by atoms with Crippen LogP contribution in [0.1, 0.15) is 43.6 Å². The number of hydrogen-bond acceptors (Lipinski definition) is 5. The van der Waals surface area contributed by atoms with Crippen molar-refractivity contribution in [2.75, 3.05) is 19.8 Å². The van der Waals surface area contributed by atoms with Gasteiger partial charge in [0.25, 0.3) is 0 Å². The van der Waals surface area contributed by atoms with Crippen molar-refractivity contribution in [1.82, 2.24) is 4.90 Å². The van der Waals surface area contributed by atoms with Crippen LogP contribution in [0, 0.1) is 11.2 Å². The molecule has 0 radical (unpaired) electrons. The van der Waals surface area contributed by atoms with Gasteiger partial charge in [-0.1, -0.05) is 0 Å². The van der Waals surface area contributed by atoms with Gasteiger partial charge in [0.2, 0.25) is 5.91 Å². The highest BCUT2D eigenvalue weighted by Gasteiger charge is 2.45. The second-order valence-corrected chi connectivity index (χ2v) is 7.54. The molecule has 0 aliphatic carbocycles. The van der Waals surface area contributed by atoms with Crippen LogP contribution in [0.15, 0.2) is 12.1 Å².